The normalized spacial score (nSPS) is 14.5. The largest absolute Gasteiger partial charge is 0.368 e. The third-order valence-corrected chi connectivity index (χ3v) is 4.40. The molecule has 0 radical (unpaired) electrons. The lowest BCUT2D eigenvalue weighted by molar-refractivity contribution is 0.0718. The first kappa shape index (κ1) is 16.7. The number of likely N-dealkylation sites (tertiary alicyclic amines) is 1. The maximum atomic E-state index is 12.3. The van der Waals surface area contributed by atoms with Crippen LogP contribution in [0.3, 0.4) is 0 Å². The van der Waals surface area contributed by atoms with Crippen LogP contribution in [-0.4, -0.2) is 40.4 Å². The van der Waals surface area contributed by atoms with Crippen molar-refractivity contribution < 1.29 is 4.79 Å². The summed E-state index contributed by atoms with van der Waals surface area (Å²) in [5, 5.41) is 3.96. The third-order valence-electron chi connectivity index (χ3n) is 4.15. The molecule has 1 fully saturated rings. The SMILES string of the molecule is O=C(c1cnc(NCCc2ccc(Cl)cc2)cn1)N1CCCCC1. The van der Waals surface area contributed by atoms with E-state index in [4.69, 9.17) is 11.6 Å². The van der Waals surface area contributed by atoms with Crippen molar-refractivity contribution >= 4 is 23.3 Å². The molecular weight excluding hydrogens is 324 g/mol. The molecular formula is C18H21ClN4O. The van der Waals surface area contributed by atoms with Crippen LogP contribution in [0.15, 0.2) is 36.7 Å². The van der Waals surface area contributed by atoms with Crippen molar-refractivity contribution in [1.82, 2.24) is 14.9 Å². The predicted molar refractivity (Wildman–Crippen MR) is 95.4 cm³/mol. The molecule has 1 aliphatic heterocycles. The summed E-state index contributed by atoms with van der Waals surface area (Å²) in [6, 6.07) is 7.79. The Kier molecular flexibility index (Phi) is 5.64. The lowest BCUT2D eigenvalue weighted by Crippen LogP contribution is -2.36. The number of benzene rings is 1. The molecule has 0 atom stereocenters. The van der Waals surface area contributed by atoms with E-state index in [-0.39, 0.29) is 5.91 Å². The molecule has 6 heteroatoms. The lowest BCUT2D eigenvalue weighted by atomic mass is 10.1. The van der Waals surface area contributed by atoms with Crippen LogP contribution >= 0.6 is 11.6 Å². The molecule has 0 saturated carbocycles. The predicted octanol–water partition coefficient (Wildman–Crippen LogP) is 3.41. The Balaban J connectivity index is 1.50. The van der Waals surface area contributed by atoms with Gasteiger partial charge in [-0.15, -0.1) is 0 Å². The molecule has 0 aliphatic carbocycles. The van der Waals surface area contributed by atoms with E-state index < -0.39 is 0 Å². The standard InChI is InChI=1S/C18H21ClN4O/c19-15-6-4-14(5-7-15)8-9-20-17-13-21-16(12-22-17)18(24)23-10-2-1-3-11-23/h4-7,12-13H,1-3,8-11H2,(H,20,22). The van der Waals surface area contributed by atoms with E-state index in [0.717, 1.165) is 43.9 Å². The minimum absolute atomic E-state index is 0.0186. The Bertz CT molecular complexity index is 666. The van der Waals surface area contributed by atoms with Gasteiger partial charge in [-0.3, -0.25) is 4.79 Å². The number of piperidine rings is 1. The Labute approximate surface area is 147 Å². The summed E-state index contributed by atoms with van der Waals surface area (Å²) < 4.78 is 0. The number of aromatic nitrogens is 2. The monoisotopic (exact) mass is 344 g/mol. The number of carbonyl (C=O) groups is 1. The molecule has 2 heterocycles. The molecule has 24 heavy (non-hydrogen) atoms. The zero-order valence-electron chi connectivity index (χ0n) is 13.5. The molecule has 0 bridgehead atoms. The summed E-state index contributed by atoms with van der Waals surface area (Å²) >= 11 is 5.87. The molecule has 3 rings (SSSR count). The van der Waals surface area contributed by atoms with Gasteiger partial charge in [0, 0.05) is 24.7 Å². The average Bonchev–Trinajstić information content (AvgIpc) is 2.64. The van der Waals surface area contributed by atoms with Gasteiger partial charge in [0.05, 0.1) is 12.4 Å². The van der Waals surface area contributed by atoms with Crippen LogP contribution < -0.4 is 5.32 Å². The number of amides is 1. The number of carbonyl (C=O) groups excluding carboxylic acids is 1. The Hall–Kier alpha value is -2.14. The maximum Gasteiger partial charge on any atom is 0.274 e. The van der Waals surface area contributed by atoms with Crippen molar-refractivity contribution in [1.29, 1.82) is 0 Å². The number of halogens is 1. The van der Waals surface area contributed by atoms with Crippen LogP contribution in [0, 0.1) is 0 Å². The first-order valence-corrected chi connectivity index (χ1v) is 8.70. The van der Waals surface area contributed by atoms with Gasteiger partial charge in [0.1, 0.15) is 11.5 Å². The second-order valence-corrected chi connectivity index (χ2v) is 6.38. The first-order chi connectivity index (χ1) is 11.7. The zero-order valence-corrected chi connectivity index (χ0v) is 14.3. The first-order valence-electron chi connectivity index (χ1n) is 8.32. The van der Waals surface area contributed by atoms with Crippen LogP contribution in [0.5, 0.6) is 0 Å². The highest BCUT2D eigenvalue weighted by atomic mass is 35.5. The highest BCUT2D eigenvalue weighted by Gasteiger charge is 2.19. The number of nitrogens with zero attached hydrogens (tertiary/aromatic N) is 3. The van der Waals surface area contributed by atoms with Crippen molar-refractivity contribution in [3.05, 3.63) is 52.9 Å². The molecule has 1 aromatic carbocycles. The molecule has 1 amide bonds. The quantitative estimate of drug-likeness (QED) is 0.903. The molecule has 1 aromatic heterocycles. The highest BCUT2D eigenvalue weighted by Crippen LogP contribution is 2.13. The summed E-state index contributed by atoms with van der Waals surface area (Å²) in [5.41, 5.74) is 1.62. The second-order valence-electron chi connectivity index (χ2n) is 5.94. The van der Waals surface area contributed by atoms with E-state index in [1.54, 1.807) is 12.4 Å². The summed E-state index contributed by atoms with van der Waals surface area (Å²) in [5.74, 6) is 0.661. The van der Waals surface area contributed by atoms with Crippen molar-refractivity contribution in [2.24, 2.45) is 0 Å². The van der Waals surface area contributed by atoms with Crippen LogP contribution in [-0.2, 0) is 6.42 Å². The van der Waals surface area contributed by atoms with Crippen LogP contribution in [0.4, 0.5) is 5.82 Å². The van der Waals surface area contributed by atoms with E-state index in [9.17, 15) is 4.79 Å². The van der Waals surface area contributed by atoms with Gasteiger partial charge >= 0.3 is 0 Å². The Morgan fingerprint density at radius 3 is 2.50 bits per heavy atom. The van der Waals surface area contributed by atoms with Crippen molar-refractivity contribution in [3.63, 3.8) is 0 Å². The van der Waals surface area contributed by atoms with E-state index in [1.165, 1.54) is 12.0 Å². The Morgan fingerprint density at radius 2 is 1.83 bits per heavy atom. The van der Waals surface area contributed by atoms with E-state index in [2.05, 4.69) is 15.3 Å². The van der Waals surface area contributed by atoms with Gasteiger partial charge in [-0.05, 0) is 43.4 Å². The van der Waals surface area contributed by atoms with E-state index in [1.807, 2.05) is 29.2 Å². The number of anilines is 1. The summed E-state index contributed by atoms with van der Waals surface area (Å²) in [6.45, 7) is 2.39. The minimum Gasteiger partial charge on any atom is -0.368 e. The average molecular weight is 345 g/mol. The van der Waals surface area contributed by atoms with Gasteiger partial charge in [0.2, 0.25) is 0 Å². The van der Waals surface area contributed by atoms with Gasteiger partial charge < -0.3 is 10.2 Å². The van der Waals surface area contributed by atoms with Gasteiger partial charge in [0.15, 0.2) is 0 Å². The fourth-order valence-electron chi connectivity index (χ4n) is 2.77. The van der Waals surface area contributed by atoms with E-state index >= 15 is 0 Å². The Morgan fingerprint density at radius 1 is 1.08 bits per heavy atom. The van der Waals surface area contributed by atoms with E-state index in [0.29, 0.717) is 11.5 Å². The number of nitrogens with one attached hydrogen (secondary N) is 1. The topological polar surface area (TPSA) is 58.1 Å². The summed E-state index contributed by atoms with van der Waals surface area (Å²) in [7, 11) is 0. The molecule has 5 nitrogen and oxygen atoms in total. The van der Waals surface area contributed by atoms with Crippen LogP contribution in [0.2, 0.25) is 5.02 Å². The smallest absolute Gasteiger partial charge is 0.274 e. The highest BCUT2D eigenvalue weighted by molar-refractivity contribution is 6.30. The third kappa shape index (κ3) is 4.45. The molecule has 2 aromatic rings. The molecule has 0 unspecified atom stereocenters. The lowest BCUT2D eigenvalue weighted by Gasteiger charge is -2.26. The molecule has 1 saturated heterocycles. The minimum atomic E-state index is -0.0186. The molecule has 1 N–H and O–H groups in total. The fourth-order valence-corrected chi connectivity index (χ4v) is 2.90. The second kappa shape index (κ2) is 8.11. The van der Waals surface area contributed by atoms with Gasteiger partial charge in [-0.25, -0.2) is 9.97 Å². The molecule has 126 valence electrons. The maximum absolute atomic E-state index is 12.3. The van der Waals surface area contributed by atoms with Crippen LogP contribution in [0.1, 0.15) is 35.3 Å². The fraction of sp³-hybridized carbons (Fsp3) is 0.389. The van der Waals surface area contributed by atoms with Gasteiger partial charge in [0.25, 0.3) is 5.91 Å². The van der Waals surface area contributed by atoms with Crippen molar-refractivity contribution in [2.45, 2.75) is 25.7 Å². The zero-order chi connectivity index (χ0) is 16.8. The van der Waals surface area contributed by atoms with Gasteiger partial charge in [-0.2, -0.15) is 0 Å². The molecule has 1 aliphatic rings. The number of rotatable bonds is 5. The summed E-state index contributed by atoms with van der Waals surface area (Å²) in [4.78, 5) is 22.7. The number of hydrogen-bond donors (Lipinski definition) is 1. The van der Waals surface area contributed by atoms with Crippen molar-refractivity contribution in [2.75, 3.05) is 25.0 Å². The molecule has 0 spiro atoms. The summed E-state index contributed by atoms with van der Waals surface area (Å²) in [6.07, 6.45) is 7.40. The van der Waals surface area contributed by atoms with Crippen LogP contribution in [0.25, 0.3) is 0 Å². The number of hydrogen-bond acceptors (Lipinski definition) is 4. The van der Waals surface area contributed by atoms with Crippen molar-refractivity contribution in [3.8, 4) is 0 Å². The van der Waals surface area contributed by atoms with Gasteiger partial charge in [-0.1, -0.05) is 23.7 Å².